The summed E-state index contributed by atoms with van der Waals surface area (Å²) in [6, 6.07) is 43.8. The Morgan fingerprint density at radius 3 is 2.00 bits per heavy atom. The quantitative estimate of drug-likeness (QED) is 0.134. The minimum atomic E-state index is -2.18. The summed E-state index contributed by atoms with van der Waals surface area (Å²) in [6.45, 7) is -2.26. The van der Waals surface area contributed by atoms with Crippen molar-refractivity contribution < 1.29 is 28.3 Å². The average molecular weight is 725 g/mol. The van der Waals surface area contributed by atoms with Gasteiger partial charge in [-0.15, -0.1) is 65.2 Å². The van der Waals surface area contributed by atoms with Crippen LogP contribution in [-0.2, 0) is 20.1 Å². The molecule has 0 saturated heterocycles. The van der Waals surface area contributed by atoms with Gasteiger partial charge in [0.25, 0.3) is 0 Å². The number of aryl methyl sites for hydroxylation is 3. The largest absolute Gasteiger partial charge is 0.305 e. The maximum absolute atomic E-state index is 7.28. The van der Waals surface area contributed by atoms with Crippen LogP contribution in [0.1, 0.15) is 24.9 Å². The molecule has 207 valence electrons. The molecule has 2 nitrogen and oxygen atoms in total. The molecule has 2 heterocycles. The summed E-state index contributed by atoms with van der Waals surface area (Å²) >= 11 is 0. The van der Waals surface area contributed by atoms with E-state index in [0.717, 1.165) is 11.3 Å². The molecule has 0 spiro atoms. The van der Waals surface area contributed by atoms with Crippen LogP contribution in [0.5, 0.6) is 0 Å². The smallest absolute Gasteiger partial charge is 0.0280 e. The van der Waals surface area contributed by atoms with E-state index in [-0.39, 0.29) is 31.2 Å². The number of fused-ring (bicyclic) bond motifs is 3. The Labute approximate surface area is 269 Å². The zero-order valence-electron chi connectivity index (χ0n) is 28.9. The SMILES string of the molecule is Cc1ccnc(-c2[c-]cc(-c3cc4ccccc4c4ccccc34)cc2)c1.[2H]C([2H])([2H])c1c[c-]c(-c2ccc(C([2H])([2H])[2H])cn2)cc1.[Ir]. The van der Waals surface area contributed by atoms with Crippen LogP contribution in [0, 0.1) is 32.8 Å². The third-order valence-corrected chi connectivity index (χ3v) is 6.94. The summed E-state index contributed by atoms with van der Waals surface area (Å²) in [5.74, 6) is 0. The van der Waals surface area contributed by atoms with Crippen molar-refractivity contribution in [1.29, 1.82) is 0 Å². The summed E-state index contributed by atoms with van der Waals surface area (Å²) in [6.07, 6.45) is 3.15. The first-order chi connectivity index (χ1) is 22.5. The summed E-state index contributed by atoms with van der Waals surface area (Å²) in [4.78, 5) is 8.55. The van der Waals surface area contributed by atoms with Gasteiger partial charge in [-0.25, -0.2) is 0 Å². The number of aromatic nitrogens is 2. The van der Waals surface area contributed by atoms with Crippen molar-refractivity contribution in [2.24, 2.45) is 0 Å². The van der Waals surface area contributed by atoms with Gasteiger partial charge in [-0.05, 0) is 58.3 Å². The maximum Gasteiger partial charge on any atom is 0.0280 e. The van der Waals surface area contributed by atoms with Crippen LogP contribution in [-0.4, -0.2) is 9.97 Å². The summed E-state index contributed by atoms with van der Waals surface area (Å²) in [7, 11) is 0. The van der Waals surface area contributed by atoms with Gasteiger partial charge < -0.3 is 9.97 Å². The average Bonchev–Trinajstić information content (AvgIpc) is 3.08. The second-order valence-electron chi connectivity index (χ2n) is 9.82. The minimum absolute atomic E-state index is 0. The topological polar surface area (TPSA) is 25.8 Å². The molecule has 0 aliphatic heterocycles. The number of nitrogens with zero attached hydrogens (tertiary/aromatic N) is 2. The second kappa shape index (κ2) is 13.0. The minimum Gasteiger partial charge on any atom is -0.305 e. The molecule has 5 aromatic carbocycles. The van der Waals surface area contributed by atoms with Crippen LogP contribution in [0.3, 0.4) is 0 Å². The Morgan fingerprint density at radius 1 is 0.595 bits per heavy atom. The van der Waals surface area contributed by atoms with Gasteiger partial charge in [0, 0.05) is 40.7 Å². The fourth-order valence-corrected chi connectivity index (χ4v) is 4.87. The van der Waals surface area contributed by atoms with Crippen LogP contribution in [0.15, 0.2) is 128 Å². The van der Waals surface area contributed by atoms with E-state index in [0.29, 0.717) is 11.3 Å². The van der Waals surface area contributed by atoms with E-state index in [2.05, 4.69) is 108 Å². The third-order valence-electron chi connectivity index (χ3n) is 6.94. The predicted molar refractivity (Wildman–Crippen MR) is 172 cm³/mol. The second-order valence-corrected chi connectivity index (χ2v) is 9.82. The Kier molecular flexibility index (Phi) is 6.89. The van der Waals surface area contributed by atoms with Crippen molar-refractivity contribution in [2.75, 3.05) is 0 Å². The van der Waals surface area contributed by atoms with Gasteiger partial charge in [-0.2, -0.15) is 0 Å². The number of rotatable bonds is 3. The molecule has 42 heavy (non-hydrogen) atoms. The number of benzene rings is 5. The van der Waals surface area contributed by atoms with E-state index in [1.165, 1.54) is 62.6 Å². The van der Waals surface area contributed by atoms with Gasteiger partial charge in [-0.3, -0.25) is 0 Å². The van der Waals surface area contributed by atoms with Crippen LogP contribution in [0.2, 0.25) is 0 Å². The zero-order valence-corrected chi connectivity index (χ0v) is 25.2. The normalized spacial score (nSPS) is 13.3. The molecule has 0 N–H and O–H groups in total. The molecule has 0 atom stereocenters. The van der Waals surface area contributed by atoms with Crippen molar-refractivity contribution in [1.82, 2.24) is 9.97 Å². The van der Waals surface area contributed by atoms with Gasteiger partial charge in [0.15, 0.2) is 0 Å². The Hall–Kier alpha value is -4.43. The molecular weight excluding hydrogens is 689 g/mol. The monoisotopic (exact) mass is 725 g/mol. The molecule has 1 radical (unpaired) electrons. The van der Waals surface area contributed by atoms with Gasteiger partial charge in [0.2, 0.25) is 0 Å². The summed E-state index contributed by atoms with van der Waals surface area (Å²) in [5.41, 5.74) is 7.15. The van der Waals surface area contributed by atoms with E-state index < -0.39 is 13.7 Å². The van der Waals surface area contributed by atoms with Crippen LogP contribution >= 0.6 is 0 Å². The molecule has 0 bridgehead atoms. The maximum atomic E-state index is 7.28. The predicted octanol–water partition coefficient (Wildman–Crippen LogP) is 9.99. The number of pyridine rings is 2. The van der Waals surface area contributed by atoms with Crippen molar-refractivity contribution >= 4 is 21.5 Å². The third kappa shape index (κ3) is 6.39. The Bertz CT molecular complexity index is 2100. The molecule has 7 rings (SSSR count). The van der Waals surface area contributed by atoms with E-state index in [4.69, 9.17) is 8.22 Å². The number of hydrogen-bond acceptors (Lipinski definition) is 2. The van der Waals surface area contributed by atoms with Crippen LogP contribution in [0.4, 0.5) is 0 Å². The summed E-state index contributed by atoms with van der Waals surface area (Å²) in [5, 5.41) is 5.11. The molecule has 0 aliphatic rings. The van der Waals surface area contributed by atoms with Gasteiger partial charge in [0.05, 0.1) is 0 Å². The standard InChI is InChI=1S/C26H18N.C13H12N.Ir/c1-18-14-15-27-26(16-18)20-12-10-19(11-13-20)25-17-21-6-2-3-7-22(21)23-8-4-5-9-24(23)25;1-10-3-6-12(7-4-10)13-8-5-11(2)9-14-13;/h2-12,14-17H,1H3;3-6,8-9H,1-2H3;/q2*-1;/i;1D3,2D3;. The molecule has 0 fully saturated rings. The molecule has 0 unspecified atom stereocenters. The molecule has 0 amide bonds. The fraction of sp³-hybridized carbons (Fsp3) is 0.0769. The summed E-state index contributed by atoms with van der Waals surface area (Å²) < 4.78 is 43.6. The van der Waals surface area contributed by atoms with Crippen molar-refractivity contribution in [3.05, 3.63) is 156 Å². The molecule has 0 saturated carbocycles. The van der Waals surface area contributed by atoms with Gasteiger partial charge in [-0.1, -0.05) is 96.3 Å². The van der Waals surface area contributed by atoms with Crippen LogP contribution < -0.4 is 0 Å². The van der Waals surface area contributed by atoms with Crippen molar-refractivity contribution in [2.45, 2.75) is 20.6 Å². The first kappa shape index (κ1) is 22.2. The zero-order chi connectivity index (χ0) is 33.2. The first-order valence-electron chi connectivity index (χ1n) is 16.3. The molecular formula is C39H30IrN2-2. The van der Waals surface area contributed by atoms with Crippen molar-refractivity contribution in [3.8, 4) is 33.6 Å². The fourth-order valence-electron chi connectivity index (χ4n) is 4.87. The molecule has 3 heteroatoms. The van der Waals surface area contributed by atoms with E-state index in [1.807, 2.05) is 12.3 Å². The van der Waals surface area contributed by atoms with Gasteiger partial charge >= 0.3 is 0 Å². The van der Waals surface area contributed by atoms with E-state index in [9.17, 15) is 0 Å². The first-order valence-corrected chi connectivity index (χ1v) is 13.3. The number of hydrogen-bond donors (Lipinski definition) is 0. The van der Waals surface area contributed by atoms with Crippen molar-refractivity contribution in [3.63, 3.8) is 0 Å². The van der Waals surface area contributed by atoms with Crippen LogP contribution in [0.25, 0.3) is 55.2 Å². The van der Waals surface area contributed by atoms with E-state index in [1.54, 1.807) is 12.1 Å². The molecule has 7 aromatic rings. The molecule has 2 aromatic heterocycles. The molecule has 0 aliphatic carbocycles. The van der Waals surface area contributed by atoms with Gasteiger partial charge in [0.1, 0.15) is 0 Å². The Balaban J connectivity index is 0.000000193. The Morgan fingerprint density at radius 2 is 1.31 bits per heavy atom. The van der Waals surface area contributed by atoms with E-state index >= 15 is 0 Å².